The third-order valence-corrected chi connectivity index (χ3v) is 2.72. The number of pyridine rings is 1. The molecule has 0 spiro atoms. The van der Waals surface area contributed by atoms with Gasteiger partial charge in [-0.3, -0.25) is 0 Å². The molecular weight excluding hydrogens is 208 g/mol. The predicted octanol–water partition coefficient (Wildman–Crippen LogP) is 3.65. The van der Waals surface area contributed by atoms with Crippen molar-refractivity contribution >= 4 is 22.5 Å². The Labute approximate surface area is 94.9 Å². The van der Waals surface area contributed by atoms with Crippen molar-refractivity contribution in [1.82, 2.24) is 9.55 Å². The molecule has 80 valence electrons. The van der Waals surface area contributed by atoms with Crippen LogP contribution in [0.4, 0.5) is 0 Å². The number of rotatable bonds is 2. The van der Waals surface area contributed by atoms with E-state index in [0.717, 1.165) is 6.54 Å². The molecule has 3 heteroatoms. The van der Waals surface area contributed by atoms with E-state index < -0.39 is 0 Å². The minimum absolute atomic E-state index is 0.559. The molecule has 0 aromatic carbocycles. The van der Waals surface area contributed by atoms with Crippen LogP contribution in [0.25, 0.3) is 10.9 Å². The van der Waals surface area contributed by atoms with Crippen molar-refractivity contribution < 1.29 is 0 Å². The summed E-state index contributed by atoms with van der Waals surface area (Å²) in [7, 11) is 0. The van der Waals surface area contributed by atoms with Crippen LogP contribution < -0.4 is 0 Å². The second kappa shape index (κ2) is 3.86. The SMILES string of the molecule is Cc1cc2cc(Cl)ncc2n1CC(C)C. The van der Waals surface area contributed by atoms with Crippen molar-refractivity contribution in [3.05, 3.63) is 29.2 Å². The minimum atomic E-state index is 0.559. The van der Waals surface area contributed by atoms with E-state index in [2.05, 4.69) is 36.4 Å². The standard InChI is InChI=1S/C12H15ClN2/c1-8(2)7-15-9(3)4-10-5-12(13)14-6-11(10)15/h4-6,8H,7H2,1-3H3. The second-order valence-electron chi connectivity index (χ2n) is 4.36. The maximum absolute atomic E-state index is 5.87. The van der Waals surface area contributed by atoms with Crippen LogP contribution in [0.3, 0.4) is 0 Å². The van der Waals surface area contributed by atoms with Crippen LogP contribution in [0.15, 0.2) is 18.3 Å². The van der Waals surface area contributed by atoms with Crippen LogP contribution in [0.2, 0.25) is 5.15 Å². The lowest BCUT2D eigenvalue weighted by molar-refractivity contribution is 0.527. The van der Waals surface area contributed by atoms with Gasteiger partial charge >= 0.3 is 0 Å². The molecule has 2 aromatic heterocycles. The summed E-state index contributed by atoms with van der Waals surface area (Å²) >= 11 is 5.87. The summed E-state index contributed by atoms with van der Waals surface area (Å²) in [6.07, 6.45) is 1.85. The lowest BCUT2D eigenvalue weighted by Gasteiger charge is -2.10. The van der Waals surface area contributed by atoms with E-state index in [0.29, 0.717) is 11.1 Å². The first-order chi connectivity index (χ1) is 7.08. The summed E-state index contributed by atoms with van der Waals surface area (Å²) in [6.45, 7) is 7.58. The van der Waals surface area contributed by atoms with Gasteiger partial charge < -0.3 is 4.57 Å². The van der Waals surface area contributed by atoms with Gasteiger partial charge in [-0.1, -0.05) is 25.4 Å². The zero-order chi connectivity index (χ0) is 11.0. The molecule has 2 heterocycles. The number of aromatic nitrogens is 2. The van der Waals surface area contributed by atoms with Crippen molar-refractivity contribution in [1.29, 1.82) is 0 Å². The first-order valence-electron chi connectivity index (χ1n) is 5.19. The topological polar surface area (TPSA) is 17.8 Å². The fourth-order valence-corrected chi connectivity index (χ4v) is 2.04. The largest absolute Gasteiger partial charge is 0.343 e. The van der Waals surface area contributed by atoms with Gasteiger partial charge in [-0.15, -0.1) is 0 Å². The summed E-state index contributed by atoms with van der Waals surface area (Å²) in [5.74, 6) is 0.634. The van der Waals surface area contributed by atoms with E-state index in [1.807, 2.05) is 12.3 Å². The molecule has 0 unspecified atom stereocenters. The van der Waals surface area contributed by atoms with Gasteiger partial charge in [0.15, 0.2) is 0 Å². The normalized spacial score (nSPS) is 11.5. The molecule has 0 N–H and O–H groups in total. The number of hydrogen-bond acceptors (Lipinski definition) is 1. The molecule has 0 bridgehead atoms. The van der Waals surface area contributed by atoms with Gasteiger partial charge in [0.25, 0.3) is 0 Å². The molecule has 0 saturated heterocycles. The van der Waals surface area contributed by atoms with Crippen LogP contribution in [0.1, 0.15) is 19.5 Å². The molecule has 2 rings (SSSR count). The molecule has 0 amide bonds. The van der Waals surface area contributed by atoms with Crippen LogP contribution >= 0.6 is 11.6 Å². The molecule has 0 aliphatic heterocycles. The number of nitrogens with zero attached hydrogens (tertiary/aromatic N) is 2. The molecule has 0 saturated carbocycles. The van der Waals surface area contributed by atoms with Gasteiger partial charge in [0.1, 0.15) is 5.15 Å². The van der Waals surface area contributed by atoms with E-state index in [1.165, 1.54) is 16.6 Å². The Balaban J connectivity index is 2.58. The van der Waals surface area contributed by atoms with Crippen molar-refractivity contribution in [3.63, 3.8) is 0 Å². The molecule has 0 aliphatic rings. The molecular formula is C12H15ClN2. The van der Waals surface area contributed by atoms with Gasteiger partial charge in [-0.05, 0) is 25.0 Å². The van der Waals surface area contributed by atoms with Crippen LogP contribution in [-0.4, -0.2) is 9.55 Å². The molecule has 2 aromatic rings. The van der Waals surface area contributed by atoms with E-state index in [4.69, 9.17) is 11.6 Å². The third-order valence-electron chi connectivity index (χ3n) is 2.51. The zero-order valence-corrected chi connectivity index (χ0v) is 10.0. The smallest absolute Gasteiger partial charge is 0.129 e. The van der Waals surface area contributed by atoms with Gasteiger partial charge in [0, 0.05) is 17.6 Å². The summed E-state index contributed by atoms with van der Waals surface area (Å²) < 4.78 is 2.29. The highest BCUT2D eigenvalue weighted by atomic mass is 35.5. The summed E-state index contributed by atoms with van der Waals surface area (Å²) in [5, 5.41) is 1.73. The van der Waals surface area contributed by atoms with E-state index in [9.17, 15) is 0 Å². The van der Waals surface area contributed by atoms with Gasteiger partial charge in [0.2, 0.25) is 0 Å². The van der Waals surface area contributed by atoms with E-state index >= 15 is 0 Å². The maximum Gasteiger partial charge on any atom is 0.129 e. The Morgan fingerprint density at radius 1 is 1.40 bits per heavy atom. The van der Waals surface area contributed by atoms with E-state index in [-0.39, 0.29) is 0 Å². The average molecular weight is 223 g/mol. The minimum Gasteiger partial charge on any atom is -0.343 e. The van der Waals surface area contributed by atoms with Crippen LogP contribution in [0.5, 0.6) is 0 Å². The number of fused-ring (bicyclic) bond motifs is 1. The molecule has 0 fully saturated rings. The second-order valence-corrected chi connectivity index (χ2v) is 4.74. The monoisotopic (exact) mass is 222 g/mol. The maximum atomic E-state index is 5.87. The molecule has 0 atom stereocenters. The molecule has 0 aliphatic carbocycles. The summed E-state index contributed by atoms with van der Waals surface area (Å²) in [5.41, 5.74) is 2.44. The Hall–Kier alpha value is -1.02. The van der Waals surface area contributed by atoms with Gasteiger partial charge in [-0.2, -0.15) is 0 Å². The fourth-order valence-electron chi connectivity index (χ4n) is 1.88. The van der Waals surface area contributed by atoms with Crippen LogP contribution in [-0.2, 0) is 6.54 Å². The average Bonchev–Trinajstić information content (AvgIpc) is 2.41. The van der Waals surface area contributed by atoms with Gasteiger partial charge in [-0.25, -0.2) is 4.98 Å². The van der Waals surface area contributed by atoms with Crippen LogP contribution in [0, 0.1) is 12.8 Å². The first-order valence-corrected chi connectivity index (χ1v) is 5.57. The summed E-state index contributed by atoms with van der Waals surface area (Å²) in [4.78, 5) is 4.13. The number of aryl methyl sites for hydroxylation is 1. The summed E-state index contributed by atoms with van der Waals surface area (Å²) in [6, 6.07) is 4.08. The molecule has 0 radical (unpaired) electrons. The fraction of sp³-hybridized carbons (Fsp3) is 0.417. The van der Waals surface area contributed by atoms with E-state index in [1.54, 1.807) is 0 Å². The van der Waals surface area contributed by atoms with Crippen molar-refractivity contribution in [2.75, 3.05) is 0 Å². The Kier molecular flexibility index (Phi) is 2.70. The Morgan fingerprint density at radius 2 is 2.13 bits per heavy atom. The lowest BCUT2D eigenvalue weighted by atomic mass is 10.2. The Morgan fingerprint density at radius 3 is 2.80 bits per heavy atom. The predicted molar refractivity (Wildman–Crippen MR) is 64.3 cm³/mol. The third kappa shape index (κ3) is 2.00. The zero-order valence-electron chi connectivity index (χ0n) is 9.29. The first kappa shape index (κ1) is 10.5. The molecule has 15 heavy (non-hydrogen) atoms. The lowest BCUT2D eigenvalue weighted by Crippen LogP contribution is -2.05. The van der Waals surface area contributed by atoms with Crippen molar-refractivity contribution in [3.8, 4) is 0 Å². The highest BCUT2D eigenvalue weighted by Gasteiger charge is 2.07. The Bertz CT molecular complexity index is 486. The highest BCUT2D eigenvalue weighted by Crippen LogP contribution is 2.22. The number of halogens is 1. The van der Waals surface area contributed by atoms with Crippen molar-refractivity contribution in [2.24, 2.45) is 5.92 Å². The highest BCUT2D eigenvalue weighted by molar-refractivity contribution is 6.30. The quantitative estimate of drug-likeness (QED) is 0.710. The van der Waals surface area contributed by atoms with Crippen molar-refractivity contribution in [2.45, 2.75) is 27.3 Å². The van der Waals surface area contributed by atoms with Gasteiger partial charge in [0.05, 0.1) is 11.7 Å². The number of hydrogen-bond donors (Lipinski definition) is 0. The molecule has 2 nitrogen and oxygen atoms in total.